The zero-order valence-corrected chi connectivity index (χ0v) is 11.0. The highest BCUT2D eigenvalue weighted by Gasteiger charge is 2.44. The van der Waals surface area contributed by atoms with Crippen molar-refractivity contribution in [1.29, 1.82) is 0 Å². The van der Waals surface area contributed by atoms with Crippen LogP contribution in [0.5, 0.6) is 0 Å². The normalized spacial score (nSPS) is 19.4. The van der Waals surface area contributed by atoms with Crippen molar-refractivity contribution in [1.82, 2.24) is 5.32 Å². The third kappa shape index (κ3) is 2.86. The van der Waals surface area contributed by atoms with Crippen LogP contribution < -0.4 is 5.32 Å². The van der Waals surface area contributed by atoms with E-state index in [0.717, 1.165) is 18.0 Å². The van der Waals surface area contributed by atoms with E-state index in [1.165, 1.54) is 18.9 Å². The van der Waals surface area contributed by atoms with Crippen LogP contribution in [-0.2, 0) is 0 Å². The molecule has 0 heterocycles. The fourth-order valence-corrected chi connectivity index (χ4v) is 2.37. The molecule has 2 rings (SSSR count). The van der Waals surface area contributed by atoms with Crippen molar-refractivity contribution in [3.05, 3.63) is 35.6 Å². The average Bonchev–Trinajstić information content (AvgIpc) is 3.07. The number of rotatable bonds is 5. The molecule has 0 radical (unpaired) electrons. The fraction of sp³-hybridized carbons (Fsp3) is 0.600. The lowest BCUT2D eigenvalue weighted by molar-refractivity contribution is 0.325. The van der Waals surface area contributed by atoms with Crippen molar-refractivity contribution in [2.24, 2.45) is 11.3 Å². The molecule has 1 aromatic rings. The fourth-order valence-electron chi connectivity index (χ4n) is 2.37. The largest absolute Gasteiger partial charge is 0.310 e. The zero-order valence-electron chi connectivity index (χ0n) is 11.0. The van der Waals surface area contributed by atoms with Crippen LogP contribution in [0.15, 0.2) is 24.3 Å². The Kier molecular flexibility index (Phi) is 3.53. The molecule has 0 aliphatic heterocycles. The lowest BCUT2D eigenvalue weighted by atomic mass is 9.92. The molecule has 1 N–H and O–H groups in total. The summed E-state index contributed by atoms with van der Waals surface area (Å²) in [6, 6.07) is 7.09. The lowest BCUT2D eigenvalue weighted by Crippen LogP contribution is -2.29. The van der Waals surface area contributed by atoms with E-state index in [2.05, 4.69) is 26.1 Å². The van der Waals surface area contributed by atoms with Gasteiger partial charge in [0.1, 0.15) is 5.82 Å². The van der Waals surface area contributed by atoms with E-state index in [0.29, 0.717) is 5.41 Å². The van der Waals surface area contributed by atoms with Crippen molar-refractivity contribution < 1.29 is 4.39 Å². The molecule has 1 saturated carbocycles. The molecule has 0 saturated heterocycles. The second kappa shape index (κ2) is 4.77. The maximum atomic E-state index is 13.1. The third-order valence-electron chi connectivity index (χ3n) is 4.23. The van der Waals surface area contributed by atoms with Gasteiger partial charge in [0.15, 0.2) is 0 Å². The van der Waals surface area contributed by atoms with Gasteiger partial charge in [0.2, 0.25) is 0 Å². The molecule has 1 unspecified atom stereocenters. The second-order valence-corrected chi connectivity index (χ2v) is 5.67. The molecule has 1 fully saturated rings. The molecule has 1 nitrogen and oxygen atoms in total. The predicted octanol–water partition coefficient (Wildman–Crippen LogP) is 3.91. The predicted molar refractivity (Wildman–Crippen MR) is 69.3 cm³/mol. The van der Waals surface area contributed by atoms with Gasteiger partial charge in [-0.2, -0.15) is 0 Å². The summed E-state index contributed by atoms with van der Waals surface area (Å²) in [6.07, 6.45) is 2.65. The molecule has 2 heteroatoms. The maximum absolute atomic E-state index is 13.1. The Labute approximate surface area is 103 Å². The molecule has 94 valence electrons. The van der Waals surface area contributed by atoms with Gasteiger partial charge in [-0.15, -0.1) is 0 Å². The highest BCUT2D eigenvalue weighted by Crippen LogP contribution is 2.51. The van der Waals surface area contributed by atoms with Crippen molar-refractivity contribution in [2.45, 2.75) is 39.7 Å². The van der Waals surface area contributed by atoms with Gasteiger partial charge in [-0.25, -0.2) is 4.39 Å². The van der Waals surface area contributed by atoms with Crippen LogP contribution in [0, 0.1) is 17.2 Å². The molecule has 0 bridgehead atoms. The summed E-state index contributed by atoms with van der Waals surface area (Å²) in [5.74, 6) is 0.579. The molecule has 0 spiro atoms. The number of halogens is 1. The van der Waals surface area contributed by atoms with E-state index in [9.17, 15) is 4.39 Å². The Bertz CT molecular complexity index is 382. The van der Waals surface area contributed by atoms with Crippen LogP contribution in [0.25, 0.3) is 0 Å². The van der Waals surface area contributed by atoms with E-state index < -0.39 is 0 Å². The molecule has 1 aromatic carbocycles. The highest BCUT2D eigenvalue weighted by molar-refractivity contribution is 5.19. The molecule has 0 aromatic heterocycles. The lowest BCUT2D eigenvalue weighted by Gasteiger charge is -2.23. The van der Waals surface area contributed by atoms with Crippen LogP contribution in [-0.4, -0.2) is 6.54 Å². The van der Waals surface area contributed by atoms with E-state index in [1.807, 2.05) is 6.07 Å². The minimum atomic E-state index is -0.152. The van der Waals surface area contributed by atoms with Gasteiger partial charge in [0.25, 0.3) is 0 Å². The van der Waals surface area contributed by atoms with Crippen molar-refractivity contribution in [2.75, 3.05) is 6.54 Å². The summed E-state index contributed by atoms with van der Waals surface area (Å²) < 4.78 is 13.1. The van der Waals surface area contributed by atoms with Gasteiger partial charge >= 0.3 is 0 Å². The first kappa shape index (κ1) is 12.6. The smallest absolute Gasteiger partial charge is 0.123 e. The summed E-state index contributed by atoms with van der Waals surface area (Å²) in [5.41, 5.74) is 1.53. The molecular formula is C15H22FN. The molecule has 1 aliphatic rings. The molecule has 1 atom stereocenters. The van der Waals surface area contributed by atoms with Crippen molar-refractivity contribution in [3.8, 4) is 0 Å². The summed E-state index contributed by atoms with van der Waals surface area (Å²) >= 11 is 0. The van der Waals surface area contributed by atoms with Crippen LogP contribution >= 0.6 is 0 Å². The van der Waals surface area contributed by atoms with Gasteiger partial charge in [0.05, 0.1) is 0 Å². The van der Waals surface area contributed by atoms with E-state index in [1.54, 1.807) is 12.1 Å². The Hall–Kier alpha value is -0.890. The number of nitrogens with one attached hydrogen (secondary N) is 1. The van der Waals surface area contributed by atoms with Gasteiger partial charge in [-0.3, -0.25) is 0 Å². The first-order valence-electron chi connectivity index (χ1n) is 6.52. The maximum Gasteiger partial charge on any atom is 0.123 e. The monoisotopic (exact) mass is 235 g/mol. The minimum Gasteiger partial charge on any atom is -0.310 e. The molecular weight excluding hydrogens is 213 g/mol. The standard InChI is InChI=1S/C15H22FN/c1-11(2)15(7-8-15)10-17-12(3)13-5-4-6-14(16)9-13/h4-6,9,11-12,17H,7-8,10H2,1-3H3. The quantitative estimate of drug-likeness (QED) is 0.816. The minimum absolute atomic E-state index is 0.152. The average molecular weight is 235 g/mol. The topological polar surface area (TPSA) is 12.0 Å². The molecule has 1 aliphatic carbocycles. The molecule has 17 heavy (non-hydrogen) atoms. The van der Waals surface area contributed by atoms with Crippen LogP contribution in [0.3, 0.4) is 0 Å². The first-order chi connectivity index (χ1) is 8.03. The van der Waals surface area contributed by atoms with Gasteiger partial charge in [-0.05, 0) is 48.8 Å². The number of hydrogen-bond acceptors (Lipinski definition) is 1. The van der Waals surface area contributed by atoms with Gasteiger partial charge in [0, 0.05) is 12.6 Å². The van der Waals surface area contributed by atoms with E-state index in [-0.39, 0.29) is 11.9 Å². The number of hydrogen-bond donors (Lipinski definition) is 1. The summed E-state index contributed by atoms with van der Waals surface area (Å²) in [7, 11) is 0. The Morgan fingerprint density at radius 3 is 2.53 bits per heavy atom. The SMILES string of the molecule is CC(NCC1(C(C)C)CC1)c1cccc(F)c1. The van der Waals surface area contributed by atoms with Crippen LogP contribution in [0.4, 0.5) is 4.39 Å². The summed E-state index contributed by atoms with van der Waals surface area (Å²) in [6.45, 7) is 7.73. The van der Waals surface area contributed by atoms with E-state index in [4.69, 9.17) is 0 Å². The van der Waals surface area contributed by atoms with Crippen molar-refractivity contribution >= 4 is 0 Å². The Morgan fingerprint density at radius 1 is 1.29 bits per heavy atom. The number of benzene rings is 1. The van der Waals surface area contributed by atoms with Gasteiger partial charge < -0.3 is 5.32 Å². The van der Waals surface area contributed by atoms with Crippen LogP contribution in [0.2, 0.25) is 0 Å². The Morgan fingerprint density at radius 2 is 2.00 bits per heavy atom. The highest BCUT2D eigenvalue weighted by atomic mass is 19.1. The Balaban J connectivity index is 1.92. The van der Waals surface area contributed by atoms with E-state index >= 15 is 0 Å². The second-order valence-electron chi connectivity index (χ2n) is 5.67. The zero-order chi connectivity index (χ0) is 12.5. The van der Waals surface area contributed by atoms with Gasteiger partial charge in [-0.1, -0.05) is 26.0 Å². The molecule has 0 amide bonds. The first-order valence-corrected chi connectivity index (χ1v) is 6.52. The van der Waals surface area contributed by atoms with Crippen LogP contribution in [0.1, 0.15) is 45.2 Å². The summed E-state index contributed by atoms with van der Waals surface area (Å²) in [4.78, 5) is 0. The van der Waals surface area contributed by atoms with Crippen molar-refractivity contribution in [3.63, 3.8) is 0 Å². The third-order valence-corrected chi connectivity index (χ3v) is 4.23. The summed E-state index contributed by atoms with van der Waals surface area (Å²) in [5, 5.41) is 3.54.